The highest BCUT2D eigenvalue weighted by Crippen LogP contribution is 2.23. The molecule has 0 aromatic carbocycles. The van der Waals surface area contributed by atoms with Crippen molar-refractivity contribution in [3.63, 3.8) is 0 Å². The van der Waals surface area contributed by atoms with Crippen LogP contribution in [0, 0.1) is 0 Å². The molecular weight excluding hydrogens is 293 g/mol. The molecule has 0 saturated carbocycles. The van der Waals surface area contributed by atoms with E-state index >= 15 is 0 Å². The summed E-state index contributed by atoms with van der Waals surface area (Å²) in [4.78, 5) is 0. The Hall–Kier alpha value is 1.25. The number of rotatable bonds is 8. The molecule has 0 rings (SSSR count). The highest BCUT2D eigenvalue weighted by atomic mass is 35.8. The zero-order valence-corrected chi connectivity index (χ0v) is 13.5. The number of halogens is 3. The second-order valence-corrected chi connectivity index (χ2v) is 15.2. The van der Waals surface area contributed by atoms with Crippen LogP contribution < -0.4 is 0 Å². The molecule has 0 aliphatic carbocycles. The average molecular weight is 310 g/mol. The van der Waals surface area contributed by atoms with Crippen LogP contribution in [0.3, 0.4) is 0 Å². The van der Waals surface area contributed by atoms with Gasteiger partial charge in [-0.25, -0.2) is 0 Å². The quantitative estimate of drug-likeness (QED) is 0.508. The van der Waals surface area contributed by atoms with Crippen molar-refractivity contribution in [2.45, 2.75) is 20.8 Å². The van der Waals surface area contributed by atoms with Crippen molar-refractivity contribution < 1.29 is 13.3 Å². The van der Waals surface area contributed by atoms with Crippen LogP contribution in [0.5, 0.6) is 0 Å². The van der Waals surface area contributed by atoms with Gasteiger partial charge < -0.3 is 13.3 Å². The van der Waals surface area contributed by atoms with Crippen molar-refractivity contribution >= 4 is 54.2 Å². The lowest BCUT2D eigenvalue weighted by molar-refractivity contribution is 0.0936. The molecule has 0 aromatic heterocycles. The Morgan fingerprint density at radius 1 is 0.867 bits per heavy atom. The number of hydrogen-bond acceptors (Lipinski definition) is 3. The molecule has 0 spiro atoms. The van der Waals surface area contributed by atoms with Crippen LogP contribution in [0.25, 0.3) is 0 Å². The van der Waals surface area contributed by atoms with E-state index in [9.17, 15) is 0 Å². The summed E-state index contributed by atoms with van der Waals surface area (Å²) in [5.41, 5.74) is 0. The molecule has 0 atom stereocenters. The van der Waals surface area contributed by atoms with Gasteiger partial charge in [-0.1, -0.05) is 0 Å². The van der Waals surface area contributed by atoms with E-state index in [4.69, 9.17) is 46.5 Å². The first kappa shape index (κ1) is 16.2. The first-order valence-electron chi connectivity index (χ1n) is 4.87. The molecule has 0 N–H and O–H groups in total. The molecule has 9 heteroatoms. The highest BCUT2D eigenvalue weighted by Gasteiger charge is 2.50. The van der Waals surface area contributed by atoms with Crippen molar-refractivity contribution in [3.8, 4) is 0 Å². The van der Waals surface area contributed by atoms with Crippen LogP contribution in [-0.4, -0.2) is 40.8 Å². The third kappa shape index (κ3) is 7.22. The molecule has 90 valence electrons. The normalized spacial score (nSPS) is 12.9. The van der Waals surface area contributed by atoms with Gasteiger partial charge in [-0.3, -0.25) is 0 Å². The van der Waals surface area contributed by atoms with E-state index in [0.29, 0.717) is 26.3 Å². The molecule has 0 amide bonds. The van der Waals surface area contributed by atoms with E-state index in [1.807, 2.05) is 20.8 Å². The van der Waals surface area contributed by atoms with Gasteiger partial charge in [0.2, 0.25) is 0 Å². The van der Waals surface area contributed by atoms with E-state index in [1.54, 1.807) is 0 Å². The van der Waals surface area contributed by atoms with Crippen LogP contribution >= 0.6 is 33.2 Å². The molecular formula is C6H16BCl3O3Si2. The predicted molar refractivity (Wildman–Crippen MR) is 71.1 cm³/mol. The van der Waals surface area contributed by atoms with E-state index in [2.05, 4.69) is 0 Å². The fraction of sp³-hybridized carbons (Fsp3) is 1.00. The lowest BCUT2D eigenvalue weighted by Gasteiger charge is -2.29. The smallest absolute Gasteiger partial charge is 0.380 e. The van der Waals surface area contributed by atoms with Gasteiger partial charge in [-0.2, -0.15) is 0 Å². The summed E-state index contributed by atoms with van der Waals surface area (Å²) >= 11 is 17.7. The Morgan fingerprint density at radius 3 is 1.40 bits per heavy atom. The topological polar surface area (TPSA) is 27.7 Å². The third-order valence-electron chi connectivity index (χ3n) is 1.51. The van der Waals surface area contributed by atoms with Gasteiger partial charge in [0, 0.05) is 19.8 Å². The van der Waals surface area contributed by atoms with Crippen molar-refractivity contribution in [2.24, 2.45) is 0 Å². The molecule has 0 aromatic rings. The van der Waals surface area contributed by atoms with Gasteiger partial charge in [0.25, 0.3) is 6.46 Å². The van der Waals surface area contributed by atoms with Gasteiger partial charge in [0.15, 0.2) is 0 Å². The van der Waals surface area contributed by atoms with Crippen molar-refractivity contribution in [3.05, 3.63) is 0 Å². The summed E-state index contributed by atoms with van der Waals surface area (Å²) in [5.74, 6) is -2.80. The molecule has 0 saturated heterocycles. The molecule has 0 bridgehead atoms. The standard InChI is InChI=1S/C6H16BCl3O3Si2/c1-4-11-15(12-5-2,13-6-3)7-14(8,9)10/h7H,4-6H2,1-3H3. The van der Waals surface area contributed by atoms with Gasteiger partial charge in [-0.05, 0) is 20.8 Å². The van der Waals surface area contributed by atoms with Gasteiger partial charge in [0.1, 0.15) is 0 Å². The maximum atomic E-state index is 5.89. The Balaban J connectivity index is 4.60. The van der Waals surface area contributed by atoms with Gasteiger partial charge in [-0.15, -0.1) is 33.2 Å². The Bertz CT molecular complexity index is 164. The summed E-state index contributed by atoms with van der Waals surface area (Å²) in [5, 5.41) is 0. The molecule has 0 unspecified atom stereocenters. The van der Waals surface area contributed by atoms with Crippen LogP contribution in [0.2, 0.25) is 0 Å². The highest BCUT2D eigenvalue weighted by molar-refractivity contribution is 7.89. The second kappa shape index (κ2) is 7.55. The van der Waals surface area contributed by atoms with E-state index in [-0.39, 0.29) is 0 Å². The summed E-state index contributed by atoms with van der Waals surface area (Å²) in [6.07, 6.45) is 0. The summed E-state index contributed by atoms with van der Waals surface area (Å²) in [6.45, 7) is 7.43. The van der Waals surface area contributed by atoms with Crippen molar-refractivity contribution in [2.75, 3.05) is 19.8 Å². The molecule has 3 nitrogen and oxygen atoms in total. The first-order chi connectivity index (χ1) is 6.89. The van der Waals surface area contributed by atoms with Crippen LogP contribution in [0.1, 0.15) is 20.8 Å². The first-order valence-corrected chi connectivity index (χ1v) is 12.0. The maximum Gasteiger partial charge on any atom is 0.444 e. The molecule has 0 aliphatic heterocycles. The Kier molecular flexibility index (Phi) is 8.18. The Morgan fingerprint density at radius 2 is 1.20 bits per heavy atom. The molecule has 0 aliphatic rings. The van der Waals surface area contributed by atoms with E-state index in [0.717, 1.165) is 0 Å². The van der Waals surface area contributed by atoms with E-state index < -0.39 is 14.5 Å². The SMILES string of the molecule is CCO[Si](B[Si](Cl)(Cl)Cl)(OCC)OCC. The lowest BCUT2D eigenvalue weighted by Crippen LogP contribution is -2.58. The average Bonchev–Trinajstić information content (AvgIpc) is 2.01. The lowest BCUT2D eigenvalue weighted by atomic mass is 10.7. The minimum atomic E-state index is -2.80. The van der Waals surface area contributed by atoms with Crippen molar-refractivity contribution in [1.82, 2.24) is 0 Å². The third-order valence-corrected chi connectivity index (χ3v) is 10.6. The van der Waals surface area contributed by atoms with E-state index in [1.165, 1.54) is 0 Å². The van der Waals surface area contributed by atoms with Crippen LogP contribution in [-0.2, 0) is 13.3 Å². The van der Waals surface area contributed by atoms with Gasteiger partial charge >= 0.3 is 14.5 Å². The largest absolute Gasteiger partial charge is 0.444 e. The van der Waals surface area contributed by atoms with Crippen LogP contribution in [0.15, 0.2) is 0 Å². The predicted octanol–water partition coefficient (Wildman–Crippen LogP) is 2.12. The second-order valence-electron chi connectivity index (χ2n) is 2.77. The molecule has 0 heterocycles. The summed E-state index contributed by atoms with van der Waals surface area (Å²) in [7, 11) is -2.77. The van der Waals surface area contributed by atoms with Gasteiger partial charge in [0.05, 0.1) is 0 Å². The minimum Gasteiger partial charge on any atom is -0.380 e. The van der Waals surface area contributed by atoms with Crippen LogP contribution in [0.4, 0.5) is 0 Å². The maximum absolute atomic E-state index is 5.89. The monoisotopic (exact) mass is 308 g/mol. The molecule has 0 fully saturated rings. The number of hydrogen-bond donors (Lipinski definition) is 0. The summed E-state index contributed by atoms with van der Waals surface area (Å²) in [6, 6.07) is 0. The molecule has 15 heavy (non-hydrogen) atoms. The fourth-order valence-corrected chi connectivity index (χ4v) is 10.4. The summed E-state index contributed by atoms with van der Waals surface area (Å²) < 4.78 is 16.7. The zero-order chi connectivity index (χ0) is 11.9. The fourth-order valence-electron chi connectivity index (χ4n) is 1.18. The van der Waals surface area contributed by atoms with Crippen molar-refractivity contribution in [1.29, 1.82) is 0 Å². The molecule has 0 radical (unpaired) electrons. The Labute approximate surface area is 108 Å². The minimum absolute atomic E-state index is 0.306. The zero-order valence-electron chi connectivity index (χ0n) is 9.19.